The highest BCUT2D eigenvalue weighted by Crippen LogP contribution is 2.40. The molecule has 26 heavy (non-hydrogen) atoms. The van der Waals surface area contributed by atoms with Crippen molar-refractivity contribution in [1.29, 1.82) is 0 Å². The molecule has 1 unspecified atom stereocenters. The number of aromatic nitrogens is 4. The minimum absolute atomic E-state index is 0.0435. The van der Waals surface area contributed by atoms with Gasteiger partial charge >= 0.3 is 0 Å². The highest BCUT2D eigenvalue weighted by Gasteiger charge is 2.30. The average molecular weight is 370 g/mol. The van der Waals surface area contributed by atoms with Crippen molar-refractivity contribution in [2.45, 2.75) is 62.4 Å². The van der Waals surface area contributed by atoms with Crippen molar-refractivity contribution in [2.24, 2.45) is 0 Å². The Morgan fingerprint density at radius 2 is 2.12 bits per heavy atom. The van der Waals surface area contributed by atoms with E-state index in [-0.39, 0.29) is 16.9 Å². The van der Waals surface area contributed by atoms with Crippen molar-refractivity contribution in [3.05, 3.63) is 46.3 Å². The molecule has 136 valence electrons. The fourth-order valence-electron chi connectivity index (χ4n) is 2.94. The van der Waals surface area contributed by atoms with Gasteiger partial charge in [-0.1, -0.05) is 42.4 Å². The van der Waals surface area contributed by atoms with Gasteiger partial charge in [0.05, 0.1) is 16.2 Å². The first-order chi connectivity index (χ1) is 12.7. The lowest BCUT2D eigenvalue weighted by atomic mass is 10.2. The monoisotopic (exact) mass is 370 g/mol. The van der Waals surface area contributed by atoms with E-state index >= 15 is 0 Å². The van der Waals surface area contributed by atoms with Crippen molar-refractivity contribution in [2.75, 3.05) is 0 Å². The number of benzene rings is 1. The molecule has 0 bridgehead atoms. The highest BCUT2D eigenvalue weighted by molar-refractivity contribution is 7.99. The standard InChI is InChI=1S/C19H22N4O2S/c1-3-4-9-16-21-17(25-22-16)12(2)26-19-20-15-8-6-5-7-14(15)18(24)23(19)13-10-11-13/h5-8,12-13H,3-4,9-11H2,1-2H3. The van der Waals surface area contributed by atoms with Crippen LogP contribution in [0.4, 0.5) is 0 Å². The van der Waals surface area contributed by atoms with Crippen molar-refractivity contribution >= 4 is 22.7 Å². The van der Waals surface area contributed by atoms with Crippen LogP contribution in [0.3, 0.4) is 0 Å². The Bertz CT molecular complexity index is 977. The Hall–Kier alpha value is -2.15. The summed E-state index contributed by atoms with van der Waals surface area (Å²) in [5, 5.41) is 5.42. The number of unbranched alkanes of at least 4 members (excludes halogenated alkanes) is 1. The molecule has 1 aliphatic rings. The third kappa shape index (κ3) is 3.40. The Morgan fingerprint density at radius 3 is 2.88 bits per heavy atom. The Kier molecular flexibility index (Phi) is 4.80. The van der Waals surface area contributed by atoms with E-state index in [0.717, 1.165) is 48.6 Å². The summed E-state index contributed by atoms with van der Waals surface area (Å²) >= 11 is 1.51. The molecule has 1 aliphatic carbocycles. The van der Waals surface area contributed by atoms with Crippen LogP contribution in [0.15, 0.2) is 38.7 Å². The fourth-order valence-corrected chi connectivity index (χ4v) is 3.95. The van der Waals surface area contributed by atoms with Gasteiger partial charge in [0.25, 0.3) is 5.56 Å². The minimum atomic E-state index is -0.0593. The first-order valence-electron chi connectivity index (χ1n) is 9.17. The lowest BCUT2D eigenvalue weighted by Gasteiger charge is -2.14. The molecule has 2 aromatic heterocycles. The van der Waals surface area contributed by atoms with Gasteiger partial charge in [-0.3, -0.25) is 9.36 Å². The zero-order chi connectivity index (χ0) is 18.1. The van der Waals surface area contributed by atoms with E-state index in [1.165, 1.54) is 11.8 Å². The van der Waals surface area contributed by atoms with Crippen LogP contribution in [0.2, 0.25) is 0 Å². The molecule has 0 radical (unpaired) electrons. The molecule has 1 atom stereocenters. The first kappa shape index (κ1) is 17.3. The Balaban J connectivity index is 1.65. The fraction of sp³-hybridized carbons (Fsp3) is 0.474. The molecule has 0 amide bonds. The summed E-state index contributed by atoms with van der Waals surface area (Å²) in [7, 11) is 0. The van der Waals surface area contributed by atoms with E-state index in [1.54, 1.807) is 0 Å². The molecule has 1 saturated carbocycles. The number of thioether (sulfide) groups is 1. The Labute approximate surface area is 156 Å². The molecule has 0 spiro atoms. The topological polar surface area (TPSA) is 73.8 Å². The van der Waals surface area contributed by atoms with Gasteiger partial charge < -0.3 is 4.52 Å². The molecule has 6 nitrogen and oxygen atoms in total. The number of aryl methyl sites for hydroxylation is 1. The van der Waals surface area contributed by atoms with Crippen LogP contribution >= 0.6 is 11.8 Å². The molecule has 0 N–H and O–H groups in total. The van der Waals surface area contributed by atoms with Crippen LogP contribution in [0.1, 0.15) is 62.5 Å². The summed E-state index contributed by atoms with van der Waals surface area (Å²) in [4.78, 5) is 22.2. The summed E-state index contributed by atoms with van der Waals surface area (Å²) in [5.74, 6) is 1.34. The second-order valence-corrected chi connectivity index (χ2v) is 8.04. The lowest BCUT2D eigenvalue weighted by molar-refractivity contribution is 0.374. The summed E-state index contributed by atoms with van der Waals surface area (Å²) in [5.41, 5.74) is 0.778. The molecular weight excluding hydrogens is 348 g/mol. The van der Waals surface area contributed by atoms with Gasteiger partial charge in [0, 0.05) is 12.5 Å². The molecule has 1 aromatic carbocycles. The van der Waals surface area contributed by atoms with Gasteiger partial charge in [-0.15, -0.1) is 0 Å². The lowest BCUT2D eigenvalue weighted by Crippen LogP contribution is -2.22. The van der Waals surface area contributed by atoms with Crippen molar-refractivity contribution < 1.29 is 4.52 Å². The number of hydrogen-bond acceptors (Lipinski definition) is 6. The quantitative estimate of drug-likeness (QED) is 0.456. The molecule has 0 aliphatic heterocycles. The maximum absolute atomic E-state index is 12.9. The number of fused-ring (bicyclic) bond motifs is 1. The van der Waals surface area contributed by atoms with Crippen LogP contribution in [0, 0.1) is 0 Å². The number of nitrogens with zero attached hydrogens (tertiary/aromatic N) is 4. The van der Waals surface area contributed by atoms with Crippen LogP contribution < -0.4 is 5.56 Å². The maximum atomic E-state index is 12.9. The van der Waals surface area contributed by atoms with Gasteiger partial charge in [-0.25, -0.2) is 4.98 Å². The van der Waals surface area contributed by atoms with Crippen molar-refractivity contribution in [1.82, 2.24) is 19.7 Å². The minimum Gasteiger partial charge on any atom is -0.338 e. The molecule has 0 saturated heterocycles. The Morgan fingerprint density at radius 1 is 1.31 bits per heavy atom. The smallest absolute Gasteiger partial charge is 0.262 e. The van der Waals surface area contributed by atoms with Crippen LogP contribution in [-0.2, 0) is 6.42 Å². The summed E-state index contributed by atoms with van der Waals surface area (Å²) in [6.07, 6.45) is 5.04. The van der Waals surface area contributed by atoms with Gasteiger partial charge in [0.15, 0.2) is 11.0 Å². The van der Waals surface area contributed by atoms with E-state index < -0.39 is 0 Å². The van der Waals surface area contributed by atoms with Crippen molar-refractivity contribution in [3.8, 4) is 0 Å². The maximum Gasteiger partial charge on any atom is 0.262 e. The normalized spacial score (nSPS) is 15.5. The van der Waals surface area contributed by atoms with Crippen molar-refractivity contribution in [3.63, 3.8) is 0 Å². The van der Waals surface area contributed by atoms with E-state index in [4.69, 9.17) is 9.51 Å². The van der Waals surface area contributed by atoms with E-state index in [9.17, 15) is 4.79 Å². The molecule has 7 heteroatoms. The number of para-hydroxylation sites is 1. The first-order valence-corrected chi connectivity index (χ1v) is 10.1. The van der Waals surface area contributed by atoms with E-state index in [2.05, 4.69) is 17.1 Å². The zero-order valence-corrected chi connectivity index (χ0v) is 15.8. The van der Waals surface area contributed by atoms with Crippen LogP contribution in [-0.4, -0.2) is 19.7 Å². The molecule has 2 heterocycles. The van der Waals surface area contributed by atoms with Gasteiger partial charge in [-0.2, -0.15) is 4.98 Å². The average Bonchev–Trinajstić information content (AvgIpc) is 3.36. The largest absolute Gasteiger partial charge is 0.338 e. The second kappa shape index (κ2) is 7.23. The third-order valence-corrected chi connectivity index (χ3v) is 5.61. The van der Waals surface area contributed by atoms with Gasteiger partial charge in [-0.05, 0) is 38.3 Å². The summed E-state index contributed by atoms with van der Waals surface area (Å²) in [6.45, 7) is 4.16. The SMILES string of the molecule is CCCCc1noc(C(C)Sc2nc3ccccc3c(=O)n2C2CC2)n1. The predicted molar refractivity (Wildman–Crippen MR) is 101 cm³/mol. The van der Waals surface area contributed by atoms with Gasteiger partial charge in [0.2, 0.25) is 5.89 Å². The second-order valence-electron chi connectivity index (χ2n) is 6.73. The highest BCUT2D eigenvalue weighted by atomic mass is 32.2. The van der Waals surface area contributed by atoms with Gasteiger partial charge in [0.1, 0.15) is 0 Å². The molecule has 1 fully saturated rings. The zero-order valence-electron chi connectivity index (χ0n) is 15.0. The van der Waals surface area contributed by atoms with Crippen LogP contribution in [0.25, 0.3) is 10.9 Å². The predicted octanol–water partition coefficient (Wildman–Crippen LogP) is 4.31. The van der Waals surface area contributed by atoms with E-state index in [0.29, 0.717) is 11.3 Å². The third-order valence-electron chi connectivity index (χ3n) is 4.56. The molecule has 4 rings (SSSR count). The number of rotatable bonds is 7. The number of hydrogen-bond donors (Lipinski definition) is 0. The molecular formula is C19H22N4O2S. The van der Waals surface area contributed by atoms with Crippen LogP contribution in [0.5, 0.6) is 0 Å². The molecule has 3 aromatic rings. The van der Waals surface area contributed by atoms with E-state index in [1.807, 2.05) is 35.8 Å². The summed E-state index contributed by atoms with van der Waals surface area (Å²) < 4.78 is 7.28. The summed E-state index contributed by atoms with van der Waals surface area (Å²) in [6, 6.07) is 7.79.